The lowest BCUT2D eigenvalue weighted by atomic mass is 9.84. The fourth-order valence-electron chi connectivity index (χ4n) is 4.87. The van der Waals surface area contributed by atoms with Crippen LogP contribution in [0.15, 0.2) is 45.9 Å². The van der Waals surface area contributed by atoms with E-state index in [1.165, 1.54) is 0 Å². The summed E-state index contributed by atoms with van der Waals surface area (Å²) >= 11 is 6.42. The standard InChI is InChI=1S/C26H30ClN5O3/c1-26(2,3)35-25(33)32-12-10-17(27)13-21-24(32)20-15-29-31-22(23(20)30-21)16-6-8-18(9-7-16)34-19-5-4-11-28-14-19/h4-5,10-11,13-14,16,18,30H,6-9,12,15H2,1-3H3. The third kappa shape index (κ3) is 5.12. The Bertz CT molecular complexity index is 1280. The number of pyridine rings is 1. The maximum Gasteiger partial charge on any atom is 0.415 e. The third-order valence-corrected chi connectivity index (χ3v) is 6.66. The first kappa shape index (κ1) is 23.6. The van der Waals surface area contributed by atoms with E-state index in [9.17, 15) is 4.79 Å². The van der Waals surface area contributed by atoms with E-state index < -0.39 is 11.7 Å². The lowest BCUT2D eigenvalue weighted by Crippen LogP contribution is -2.39. The highest BCUT2D eigenvalue weighted by molar-refractivity contribution is 6.34. The van der Waals surface area contributed by atoms with Crippen LogP contribution < -0.4 is 20.3 Å². The molecule has 0 atom stereocenters. The van der Waals surface area contributed by atoms with Crippen molar-refractivity contribution in [1.29, 1.82) is 0 Å². The van der Waals surface area contributed by atoms with Gasteiger partial charge in [-0.05, 0) is 70.7 Å². The molecule has 0 aromatic carbocycles. The topological polar surface area (TPSA) is 92.2 Å². The van der Waals surface area contributed by atoms with Gasteiger partial charge in [0.25, 0.3) is 0 Å². The molecule has 1 amide bonds. The molecule has 0 unspecified atom stereocenters. The number of aromatic nitrogens is 2. The van der Waals surface area contributed by atoms with Crippen molar-refractivity contribution >= 4 is 35.2 Å². The zero-order chi connectivity index (χ0) is 24.6. The van der Waals surface area contributed by atoms with Crippen LogP contribution in [0.1, 0.15) is 52.0 Å². The van der Waals surface area contributed by atoms with E-state index in [0.29, 0.717) is 18.1 Å². The molecular weight excluding hydrogens is 466 g/mol. The van der Waals surface area contributed by atoms with Crippen molar-refractivity contribution in [3.63, 3.8) is 0 Å². The minimum Gasteiger partial charge on any atom is -0.489 e. The summed E-state index contributed by atoms with van der Waals surface area (Å²) in [5, 5.41) is 11.3. The largest absolute Gasteiger partial charge is 0.489 e. The summed E-state index contributed by atoms with van der Waals surface area (Å²) < 4.78 is 11.8. The first-order chi connectivity index (χ1) is 16.8. The molecule has 1 N–H and O–H groups in total. The van der Waals surface area contributed by atoms with Crippen molar-refractivity contribution in [2.45, 2.75) is 64.7 Å². The highest BCUT2D eigenvalue weighted by atomic mass is 35.5. The van der Waals surface area contributed by atoms with Crippen LogP contribution >= 0.6 is 11.6 Å². The Hall–Kier alpha value is -3.13. The lowest BCUT2D eigenvalue weighted by molar-refractivity contribution is 0.0584. The van der Waals surface area contributed by atoms with Crippen LogP contribution in [0, 0.1) is 5.92 Å². The summed E-state index contributed by atoms with van der Waals surface area (Å²) in [6.45, 7) is 6.30. The van der Waals surface area contributed by atoms with E-state index >= 15 is 0 Å². The Kier molecular flexibility index (Phi) is 6.40. The van der Waals surface area contributed by atoms with Crippen LogP contribution in [0.25, 0.3) is 11.8 Å². The van der Waals surface area contributed by atoms with Gasteiger partial charge in [-0.1, -0.05) is 11.6 Å². The Morgan fingerprint density at radius 2 is 2.03 bits per heavy atom. The molecule has 1 saturated carbocycles. The van der Waals surface area contributed by atoms with Gasteiger partial charge in [0.1, 0.15) is 11.4 Å². The second-order valence-corrected chi connectivity index (χ2v) is 10.6. The number of azo groups is 1. The Morgan fingerprint density at radius 1 is 1.23 bits per heavy atom. The van der Waals surface area contributed by atoms with Gasteiger partial charge in [-0.15, -0.1) is 0 Å². The van der Waals surface area contributed by atoms with Gasteiger partial charge in [0.2, 0.25) is 0 Å². The number of allylic oxidation sites excluding steroid dienone is 1. The van der Waals surface area contributed by atoms with Crippen molar-refractivity contribution in [3.05, 3.63) is 51.9 Å². The average Bonchev–Trinajstić information content (AvgIpc) is 3.08. The summed E-state index contributed by atoms with van der Waals surface area (Å²) in [6.07, 6.45) is 10.7. The predicted molar refractivity (Wildman–Crippen MR) is 135 cm³/mol. The number of hydrogen-bond acceptors (Lipinski definition) is 6. The van der Waals surface area contributed by atoms with E-state index in [0.717, 1.165) is 59.1 Å². The Labute approximate surface area is 209 Å². The van der Waals surface area contributed by atoms with Gasteiger partial charge in [0, 0.05) is 29.3 Å². The highest BCUT2D eigenvalue weighted by Crippen LogP contribution is 2.35. The Balaban J connectivity index is 1.45. The van der Waals surface area contributed by atoms with Crippen molar-refractivity contribution in [2.75, 3.05) is 11.4 Å². The molecule has 184 valence electrons. The van der Waals surface area contributed by atoms with Crippen LogP contribution in [-0.2, 0) is 11.3 Å². The van der Waals surface area contributed by atoms with Crippen molar-refractivity contribution in [3.8, 4) is 5.75 Å². The SMILES string of the molecule is CC(C)(C)OC(=O)N1CC=C(Cl)C=c2[nH]c3c(c21)CN=NC=3C1CCC(Oc2cccnc2)CC1. The maximum absolute atomic E-state index is 13.1. The third-order valence-electron chi connectivity index (χ3n) is 6.40. The molecule has 0 saturated heterocycles. The number of nitrogens with zero attached hydrogens (tertiary/aromatic N) is 4. The van der Waals surface area contributed by atoms with Gasteiger partial charge in [0.15, 0.2) is 0 Å². The first-order valence-electron chi connectivity index (χ1n) is 12.1. The van der Waals surface area contributed by atoms with Crippen LogP contribution in [0.5, 0.6) is 5.75 Å². The first-order valence-corrected chi connectivity index (χ1v) is 12.4. The van der Waals surface area contributed by atoms with Crippen LogP contribution in [0.3, 0.4) is 0 Å². The van der Waals surface area contributed by atoms with Crippen LogP contribution in [0.4, 0.5) is 10.5 Å². The average molecular weight is 496 g/mol. The quantitative estimate of drug-likeness (QED) is 0.663. The molecular formula is C26H30ClN5O3. The molecule has 0 spiro atoms. The molecule has 3 aliphatic rings. The molecule has 1 aliphatic carbocycles. The molecule has 2 aromatic heterocycles. The zero-order valence-electron chi connectivity index (χ0n) is 20.3. The number of rotatable bonds is 3. The molecule has 35 heavy (non-hydrogen) atoms. The number of nitrogens with one attached hydrogen (secondary N) is 1. The number of aromatic amines is 1. The fraction of sp³-hybridized carbons (Fsp3) is 0.462. The molecule has 2 aromatic rings. The minimum absolute atomic E-state index is 0.163. The Morgan fingerprint density at radius 3 is 2.74 bits per heavy atom. The second-order valence-electron chi connectivity index (χ2n) is 10.1. The second kappa shape index (κ2) is 9.49. The number of carbonyl (C=O) groups is 1. The van der Waals surface area contributed by atoms with E-state index in [2.05, 4.69) is 20.2 Å². The van der Waals surface area contributed by atoms with E-state index in [1.54, 1.807) is 17.3 Å². The van der Waals surface area contributed by atoms with Crippen molar-refractivity contribution in [1.82, 2.24) is 9.97 Å². The van der Waals surface area contributed by atoms with E-state index in [4.69, 9.17) is 21.1 Å². The monoisotopic (exact) mass is 495 g/mol. The summed E-state index contributed by atoms with van der Waals surface area (Å²) in [5.41, 5.74) is 2.06. The molecule has 4 heterocycles. The smallest absolute Gasteiger partial charge is 0.415 e. The maximum atomic E-state index is 13.1. The summed E-state index contributed by atoms with van der Waals surface area (Å²) in [4.78, 5) is 22.4. The zero-order valence-corrected chi connectivity index (χ0v) is 21.0. The van der Waals surface area contributed by atoms with Gasteiger partial charge in [-0.3, -0.25) is 9.88 Å². The normalized spacial score (nSPS) is 21.9. The number of amides is 1. The molecule has 0 radical (unpaired) electrons. The van der Waals surface area contributed by atoms with E-state index in [-0.39, 0.29) is 12.0 Å². The molecule has 1 fully saturated rings. The van der Waals surface area contributed by atoms with Gasteiger partial charge in [-0.2, -0.15) is 10.2 Å². The summed E-state index contributed by atoms with van der Waals surface area (Å²) in [6, 6.07) is 3.82. The van der Waals surface area contributed by atoms with Crippen molar-refractivity contribution < 1.29 is 14.3 Å². The number of halogens is 1. The lowest BCUT2D eigenvalue weighted by Gasteiger charge is -2.29. The number of carbonyl (C=O) groups excluding carboxylic acids is 1. The molecule has 5 rings (SSSR count). The van der Waals surface area contributed by atoms with Gasteiger partial charge >= 0.3 is 6.09 Å². The predicted octanol–water partition coefficient (Wildman–Crippen LogP) is 4.78. The van der Waals surface area contributed by atoms with E-state index in [1.807, 2.05) is 45.1 Å². The summed E-state index contributed by atoms with van der Waals surface area (Å²) in [7, 11) is 0. The molecule has 2 aliphatic heterocycles. The van der Waals surface area contributed by atoms with Crippen molar-refractivity contribution in [2.24, 2.45) is 16.1 Å². The number of fused-ring (bicyclic) bond motifs is 3. The number of anilines is 1. The van der Waals surface area contributed by atoms with Gasteiger partial charge in [-0.25, -0.2) is 4.79 Å². The number of ether oxygens (including phenoxy) is 2. The minimum atomic E-state index is -0.606. The molecule has 0 bridgehead atoms. The van der Waals surface area contributed by atoms with Gasteiger partial charge in [0.05, 0.1) is 40.9 Å². The number of hydrogen-bond donors (Lipinski definition) is 1. The van der Waals surface area contributed by atoms with Crippen LogP contribution in [-0.4, -0.2) is 34.3 Å². The summed E-state index contributed by atoms with van der Waals surface area (Å²) in [5.74, 6) is 1.06. The molecule has 8 nitrogen and oxygen atoms in total. The molecule has 9 heteroatoms. The fourth-order valence-corrected chi connectivity index (χ4v) is 5.04. The highest BCUT2D eigenvalue weighted by Gasteiger charge is 2.32. The van der Waals surface area contributed by atoms with Gasteiger partial charge < -0.3 is 14.5 Å². The number of H-pyrrole nitrogens is 1. The van der Waals surface area contributed by atoms with Crippen LogP contribution in [0.2, 0.25) is 0 Å².